The smallest absolute Gasteiger partial charge is 0.254 e. The number of rotatable bonds is 5. The maximum absolute atomic E-state index is 13.5. The fourth-order valence-corrected chi connectivity index (χ4v) is 6.22. The van der Waals surface area contributed by atoms with Crippen molar-refractivity contribution in [2.24, 2.45) is 11.8 Å². The monoisotopic (exact) mass is 509 g/mol. The van der Waals surface area contributed by atoms with Gasteiger partial charge in [0.25, 0.3) is 5.91 Å². The standard InChI is InChI=1S/C27H32BrN3O2/c1-19-8-9-20(15-30-10-4-7-26(30)32)12-24(19)27(33)31-16-21-11-22(17-31)14-29(13-21)18-23-5-2-3-6-25(23)28/h2-3,5-6,8-9,12,21-22H,4,7,10-11,13-18H2,1H3. The van der Waals surface area contributed by atoms with Crippen molar-refractivity contribution < 1.29 is 9.59 Å². The van der Waals surface area contributed by atoms with Crippen LogP contribution in [0.2, 0.25) is 0 Å². The molecule has 2 aromatic rings. The number of carbonyl (C=O) groups excluding carboxylic acids is 2. The lowest BCUT2D eigenvalue weighted by Crippen LogP contribution is -2.53. The van der Waals surface area contributed by atoms with E-state index in [9.17, 15) is 9.59 Å². The summed E-state index contributed by atoms with van der Waals surface area (Å²) >= 11 is 3.68. The molecule has 2 unspecified atom stereocenters. The number of hydrogen-bond donors (Lipinski definition) is 0. The molecule has 174 valence electrons. The minimum absolute atomic E-state index is 0.149. The Kier molecular flexibility index (Phi) is 6.57. The lowest BCUT2D eigenvalue weighted by atomic mass is 9.84. The van der Waals surface area contributed by atoms with E-state index in [1.807, 2.05) is 24.0 Å². The van der Waals surface area contributed by atoms with Gasteiger partial charge >= 0.3 is 0 Å². The molecule has 3 fully saturated rings. The number of hydrogen-bond acceptors (Lipinski definition) is 3. The van der Waals surface area contributed by atoms with Gasteiger partial charge in [0, 0.05) is 62.3 Å². The lowest BCUT2D eigenvalue weighted by molar-refractivity contribution is -0.128. The minimum atomic E-state index is 0.149. The molecule has 2 atom stereocenters. The molecule has 0 radical (unpaired) electrons. The molecule has 0 saturated carbocycles. The third-order valence-corrected chi connectivity index (χ3v) is 8.15. The van der Waals surface area contributed by atoms with Crippen LogP contribution >= 0.6 is 15.9 Å². The lowest BCUT2D eigenvalue weighted by Gasteiger charge is -2.46. The molecule has 0 aliphatic carbocycles. The number of fused-ring (bicyclic) bond motifs is 2. The van der Waals surface area contributed by atoms with E-state index < -0.39 is 0 Å². The highest BCUT2D eigenvalue weighted by Crippen LogP contribution is 2.31. The predicted octanol–water partition coefficient (Wildman–Crippen LogP) is 4.47. The van der Waals surface area contributed by atoms with Gasteiger partial charge in [-0.15, -0.1) is 0 Å². The number of halogens is 1. The minimum Gasteiger partial charge on any atom is -0.338 e. The fourth-order valence-electron chi connectivity index (χ4n) is 5.81. The molecule has 2 bridgehead atoms. The van der Waals surface area contributed by atoms with Gasteiger partial charge < -0.3 is 9.80 Å². The maximum Gasteiger partial charge on any atom is 0.254 e. The van der Waals surface area contributed by atoms with Gasteiger partial charge in [-0.05, 0) is 60.4 Å². The predicted molar refractivity (Wildman–Crippen MR) is 133 cm³/mol. The van der Waals surface area contributed by atoms with Crippen molar-refractivity contribution in [3.8, 4) is 0 Å². The van der Waals surface area contributed by atoms with Crippen LogP contribution in [0.5, 0.6) is 0 Å². The number of carbonyl (C=O) groups is 2. The second-order valence-corrected chi connectivity index (χ2v) is 10.9. The van der Waals surface area contributed by atoms with E-state index in [0.29, 0.717) is 24.8 Å². The second kappa shape index (κ2) is 9.59. The van der Waals surface area contributed by atoms with Gasteiger partial charge in [-0.25, -0.2) is 0 Å². The highest BCUT2D eigenvalue weighted by atomic mass is 79.9. The van der Waals surface area contributed by atoms with Crippen LogP contribution in [0.15, 0.2) is 46.9 Å². The molecular formula is C27H32BrN3O2. The van der Waals surface area contributed by atoms with Crippen LogP contribution in [-0.2, 0) is 17.9 Å². The number of aryl methyl sites for hydroxylation is 1. The first kappa shape index (κ1) is 22.6. The van der Waals surface area contributed by atoms with Gasteiger partial charge in [0.1, 0.15) is 0 Å². The average Bonchev–Trinajstić information content (AvgIpc) is 3.20. The summed E-state index contributed by atoms with van der Waals surface area (Å²) in [7, 11) is 0. The van der Waals surface area contributed by atoms with E-state index >= 15 is 0 Å². The highest BCUT2D eigenvalue weighted by molar-refractivity contribution is 9.10. The number of piperidine rings is 2. The average molecular weight is 510 g/mol. The molecular weight excluding hydrogens is 478 g/mol. The molecule has 3 heterocycles. The molecule has 0 spiro atoms. The second-order valence-electron chi connectivity index (χ2n) is 10.0. The maximum atomic E-state index is 13.5. The molecule has 2 amide bonds. The Labute approximate surface area is 204 Å². The Hall–Kier alpha value is -2.18. The van der Waals surface area contributed by atoms with E-state index in [2.05, 4.69) is 56.1 Å². The number of benzene rings is 2. The molecule has 6 heteroatoms. The first-order valence-electron chi connectivity index (χ1n) is 12.1. The van der Waals surface area contributed by atoms with Crippen LogP contribution in [0.25, 0.3) is 0 Å². The Bertz CT molecular complexity index is 1040. The topological polar surface area (TPSA) is 43.9 Å². The summed E-state index contributed by atoms with van der Waals surface area (Å²) in [6.07, 6.45) is 2.80. The number of amides is 2. The summed E-state index contributed by atoms with van der Waals surface area (Å²) in [6.45, 7) is 8.14. The van der Waals surface area contributed by atoms with Crippen molar-refractivity contribution in [1.82, 2.24) is 14.7 Å². The van der Waals surface area contributed by atoms with E-state index in [1.165, 1.54) is 16.5 Å². The zero-order valence-corrected chi connectivity index (χ0v) is 20.9. The molecule has 0 aromatic heterocycles. The fraction of sp³-hybridized carbons (Fsp3) is 0.481. The molecule has 3 aliphatic heterocycles. The summed E-state index contributed by atoms with van der Waals surface area (Å²) < 4.78 is 1.17. The van der Waals surface area contributed by atoms with Crippen LogP contribution in [0.1, 0.15) is 46.3 Å². The van der Waals surface area contributed by atoms with Crippen LogP contribution < -0.4 is 0 Å². The van der Waals surface area contributed by atoms with Gasteiger partial charge in [0.05, 0.1) is 0 Å². The first-order chi connectivity index (χ1) is 16.0. The molecule has 3 saturated heterocycles. The van der Waals surface area contributed by atoms with Crippen LogP contribution in [0, 0.1) is 18.8 Å². The van der Waals surface area contributed by atoms with Crippen molar-refractivity contribution in [3.63, 3.8) is 0 Å². The van der Waals surface area contributed by atoms with Crippen molar-refractivity contribution in [2.75, 3.05) is 32.7 Å². The Balaban J connectivity index is 1.25. The largest absolute Gasteiger partial charge is 0.338 e. The van der Waals surface area contributed by atoms with E-state index in [4.69, 9.17) is 0 Å². The third-order valence-electron chi connectivity index (χ3n) is 7.37. The quantitative estimate of drug-likeness (QED) is 0.596. The molecule has 0 N–H and O–H groups in total. The van der Waals surface area contributed by atoms with Crippen LogP contribution in [0.3, 0.4) is 0 Å². The Morgan fingerprint density at radius 3 is 2.48 bits per heavy atom. The van der Waals surface area contributed by atoms with Crippen molar-refractivity contribution in [3.05, 3.63) is 69.2 Å². The van der Waals surface area contributed by atoms with E-state index in [-0.39, 0.29) is 11.8 Å². The third kappa shape index (κ3) is 5.02. The summed E-state index contributed by atoms with van der Waals surface area (Å²) in [5.74, 6) is 1.42. The highest BCUT2D eigenvalue weighted by Gasteiger charge is 2.36. The molecule has 5 rings (SSSR count). The summed E-state index contributed by atoms with van der Waals surface area (Å²) in [6, 6.07) is 14.6. The zero-order valence-electron chi connectivity index (χ0n) is 19.3. The Morgan fingerprint density at radius 1 is 1.03 bits per heavy atom. The summed E-state index contributed by atoms with van der Waals surface area (Å²) in [5.41, 5.74) is 4.19. The summed E-state index contributed by atoms with van der Waals surface area (Å²) in [5, 5.41) is 0. The van der Waals surface area contributed by atoms with Crippen LogP contribution in [0.4, 0.5) is 0 Å². The zero-order chi connectivity index (χ0) is 22.9. The Morgan fingerprint density at radius 2 is 1.79 bits per heavy atom. The molecule has 33 heavy (non-hydrogen) atoms. The number of likely N-dealkylation sites (tertiary alicyclic amines) is 3. The molecule has 5 nitrogen and oxygen atoms in total. The molecule has 2 aromatic carbocycles. The first-order valence-corrected chi connectivity index (χ1v) is 12.9. The van der Waals surface area contributed by atoms with Crippen molar-refractivity contribution >= 4 is 27.7 Å². The van der Waals surface area contributed by atoms with Gasteiger partial charge in [-0.1, -0.05) is 46.3 Å². The van der Waals surface area contributed by atoms with Gasteiger partial charge in [-0.3, -0.25) is 14.5 Å². The normalized spacial score (nSPS) is 23.3. The van der Waals surface area contributed by atoms with E-state index in [0.717, 1.165) is 62.4 Å². The van der Waals surface area contributed by atoms with Gasteiger partial charge in [0.15, 0.2) is 0 Å². The van der Waals surface area contributed by atoms with E-state index in [1.54, 1.807) is 0 Å². The van der Waals surface area contributed by atoms with Gasteiger partial charge in [-0.2, -0.15) is 0 Å². The van der Waals surface area contributed by atoms with Crippen LogP contribution in [-0.4, -0.2) is 59.2 Å². The van der Waals surface area contributed by atoms with Gasteiger partial charge in [0.2, 0.25) is 5.91 Å². The summed E-state index contributed by atoms with van der Waals surface area (Å²) in [4.78, 5) is 32.1. The SMILES string of the molecule is Cc1ccc(CN2CCCC2=O)cc1C(=O)N1CC2CC(CN(Cc3ccccc3Br)C2)C1. The number of nitrogens with zero attached hydrogens (tertiary/aromatic N) is 3. The molecule has 3 aliphatic rings. The van der Waals surface area contributed by atoms with Crippen molar-refractivity contribution in [2.45, 2.75) is 39.3 Å². The van der Waals surface area contributed by atoms with Crippen molar-refractivity contribution in [1.29, 1.82) is 0 Å².